The van der Waals surface area contributed by atoms with Crippen LogP contribution < -0.4 is 5.73 Å². The van der Waals surface area contributed by atoms with Crippen LogP contribution in [-0.2, 0) is 4.79 Å². The second-order valence-electron chi connectivity index (χ2n) is 5.46. The maximum atomic E-state index is 12.4. The molecule has 1 aromatic carbocycles. The lowest BCUT2D eigenvalue weighted by molar-refractivity contribution is -0.133. The third-order valence-electron chi connectivity index (χ3n) is 4.14. The van der Waals surface area contributed by atoms with Gasteiger partial charge in [-0.2, -0.15) is 0 Å². The van der Waals surface area contributed by atoms with E-state index in [1.54, 1.807) is 30.0 Å². The van der Waals surface area contributed by atoms with Gasteiger partial charge < -0.3 is 10.6 Å². The minimum Gasteiger partial charge on any atom is -0.398 e. The highest BCUT2D eigenvalue weighted by Crippen LogP contribution is 2.29. The monoisotopic (exact) mass is 287 g/mol. The van der Waals surface area contributed by atoms with E-state index in [1.165, 1.54) is 0 Å². The average molecular weight is 287 g/mol. The Morgan fingerprint density at radius 2 is 1.86 bits per heavy atom. The molecular formula is C15H17N3O3. The molecule has 6 heteroatoms. The first kappa shape index (κ1) is 13.6. The highest BCUT2D eigenvalue weighted by molar-refractivity contribution is 6.24. The Morgan fingerprint density at radius 3 is 2.48 bits per heavy atom. The van der Waals surface area contributed by atoms with Gasteiger partial charge in [-0.25, -0.2) is 0 Å². The summed E-state index contributed by atoms with van der Waals surface area (Å²) in [7, 11) is 0. The van der Waals surface area contributed by atoms with Gasteiger partial charge in [0.1, 0.15) is 6.04 Å². The lowest BCUT2D eigenvalue weighted by atomic mass is 10.1. The van der Waals surface area contributed by atoms with Crippen molar-refractivity contribution >= 4 is 23.4 Å². The van der Waals surface area contributed by atoms with Crippen LogP contribution in [0.15, 0.2) is 18.2 Å². The molecule has 3 rings (SSSR count). The number of amides is 3. The summed E-state index contributed by atoms with van der Waals surface area (Å²) in [5.74, 6) is -1.10. The molecule has 21 heavy (non-hydrogen) atoms. The number of benzene rings is 1. The van der Waals surface area contributed by atoms with E-state index in [0.717, 1.165) is 17.7 Å². The van der Waals surface area contributed by atoms with Crippen molar-refractivity contribution in [3.8, 4) is 0 Å². The predicted molar refractivity (Wildman–Crippen MR) is 76.6 cm³/mol. The molecule has 1 aromatic rings. The molecule has 1 saturated heterocycles. The molecule has 1 unspecified atom stereocenters. The molecule has 0 aromatic heterocycles. The van der Waals surface area contributed by atoms with Crippen molar-refractivity contribution in [3.05, 3.63) is 29.3 Å². The van der Waals surface area contributed by atoms with Crippen LogP contribution in [0.3, 0.4) is 0 Å². The Kier molecular flexibility index (Phi) is 3.16. The van der Waals surface area contributed by atoms with Crippen LogP contribution in [0.1, 0.15) is 40.5 Å². The number of likely N-dealkylation sites (tertiary alicyclic amines) is 1. The molecular weight excluding hydrogens is 270 g/mol. The molecule has 0 spiro atoms. The molecule has 2 heterocycles. The third-order valence-corrected chi connectivity index (χ3v) is 4.14. The van der Waals surface area contributed by atoms with Crippen molar-refractivity contribution in [2.24, 2.45) is 0 Å². The number of anilines is 1. The van der Waals surface area contributed by atoms with E-state index in [-0.39, 0.29) is 22.7 Å². The summed E-state index contributed by atoms with van der Waals surface area (Å²) in [6.07, 6.45) is 1.93. The Hall–Kier alpha value is -2.37. The second kappa shape index (κ2) is 4.87. The van der Waals surface area contributed by atoms with Crippen LogP contribution in [0.2, 0.25) is 0 Å². The standard InChI is InChI=1S/C15H17N3O3/c1-9(13(19)17-7-2-3-8-17)18-14(20)10-5-4-6-11(16)12(10)15(18)21/h4-6,9H,2-3,7-8,16H2,1H3. The van der Waals surface area contributed by atoms with Gasteiger partial charge in [-0.3, -0.25) is 19.3 Å². The normalized spacial score (nSPS) is 19.1. The summed E-state index contributed by atoms with van der Waals surface area (Å²) in [5, 5.41) is 0. The number of rotatable bonds is 2. The number of carbonyl (C=O) groups excluding carboxylic acids is 3. The number of nitrogens with zero attached hydrogens (tertiary/aromatic N) is 2. The van der Waals surface area contributed by atoms with Gasteiger partial charge in [-0.05, 0) is 31.9 Å². The first-order valence-corrected chi connectivity index (χ1v) is 7.07. The van der Waals surface area contributed by atoms with E-state index in [2.05, 4.69) is 0 Å². The van der Waals surface area contributed by atoms with Crippen LogP contribution in [0, 0.1) is 0 Å². The molecule has 0 bridgehead atoms. The molecule has 2 N–H and O–H groups in total. The summed E-state index contributed by atoms with van der Waals surface area (Å²) < 4.78 is 0. The summed E-state index contributed by atoms with van der Waals surface area (Å²) in [6.45, 7) is 2.97. The zero-order chi connectivity index (χ0) is 15.1. The fourth-order valence-electron chi connectivity index (χ4n) is 2.99. The SMILES string of the molecule is CC(C(=O)N1CCCC1)N1C(=O)c2cccc(N)c2C1=O. The molecule has 1 atom stereocenters. The number of nitrogens with two attached hydrogens (primary N) is 1. The lowest BCUT2D eigenvalue weighted by Gasteiger charge is -2.26. The van der Waals surface area contributed by atoms with E-state index in [9.17, 15) is 14.4 Å². The van der Waals surface area contributed by atoms with Gasteiger partial charge in [0.25, 0.3) is 11.8 Å². The number of imide groups is 1. The maximum Gasteiger partial charge on any atom is 0.264 e. The summed E-state index contributed by atoms with van der Waals surface area (Å²) in [6, 6.07) is 3.99. The first-order valence-electron chi connectivity index (χ1n) is 7.07. The third kappa shape index (κ3) is 1.98. The van der Waals surface area contributed by atoms with Gasteiger partial charge in [0, 0.05) is 18.8 Å². The van der Waals surface area contributed by atoms with Crippen molar-refractivity contribution in [1.82, 2.24) is 9.80 Å². The van der Waals surface area contributed by atoms with Gasteiger partial charge in [-0.15, -0.1) is 0 Å². The molecule has 1 fully saturated rings. The minimum atomic E-state index is -0.796. The van der Waals surface area contributed by atoms with Crippen molar-refractivity contribution in [1.29, 1.82) is 0 Å². The molecule has 2 aliphatic rings. The lowest BCUT2D eigenvalue weighted by Crippen LogP contribution is -2.48. The minimum absolute atomic E-state index is 0.180. The van der Waals surface area contributed by atoms with Crippen molar-refractivity contribution in [2.45, 2.75) is 25.8 Å². The Morgan fingerprint density at radius 1 is 1.19 bits per heavy atom. The summed E-state index contributed by atoms with van der Waals surface area (Å²) >= 11 is 0. The summed E-state index contributed by atoms with van der Waals surface area (Å²) in [5.41, 5.74) is 6.55. The van der Waals surface area contributed by atoms with Crippen LogP contribution in [0.4, 0.5) is 5.69 Å². The van der Waals surface area contributed by atoms with Crippen LogP contribution >= 0.6 is 0 Å². The molecule has 0 saturated carbocycles. The Labute approximate surface area is 122 Å². The van der Waals surface area contributed by atoms with Crippen LogP contribution in [0.25, 0.3) is 0 Å². The Balaban J connectivity index is 1.90. The predicted octanol–water partition coefficient (Wildman–Crippen LogP) is 0.876. The zero-order valence-electron chi connectivity index (χ0n) is 11.8. The zero-order valence-corrected chi connectivity index (χ0v) is 11.8. The second-order valence-corrected chi connectivity index (χ2v) is 5.46. The van der Waals surface area contributed by atoms with Crippen molar-refractivity contribution < 1.29 is 14.4 Å². The van der Waals surface area contributed by atoms with E-state index >= 15 is 0 Å². The van der Waals surface area contributed by atoms with Gasteiger partial charge in [-0.1, -0.05) is 6.07 Å². The van der Waals surface area contributed by atoms with Crippen molar-refractivity contribution in [2.75, 3.05) is 18.8 Å². The van der Waals surface area contributed by atoms with Gasteiger partial charge in [0.05, 0.1) is 11.1 Å². The molecule has 0 aliphatic carbocycles. The Bertz CT molecular complexity index is 635. The van der Waals surface area contributed by atoms with E-state index in [1.807, 2.05) is 0 Å². The van der Waals surface area contributed by atoms with E-state index < -0.39 is 17.9 Å². The van der Waals surface area contributed by atoms with Gasteiger partial charge >= 0.3 is 0 Å². The van der Waals surface area contributed by atoms with Gasteiger partial charge in [0.15, 0.2) is 0 Å². The quantitative estimate of drug-likeness (QED) is 0.646. The molecule has 6 nitrogen and oxygen atoms in total. The van der Waals surface area contributed by atoms with Crippen molar-refractivity contribution in [3.63, 3.8) is 0 Å². The van der Waals surface area contributed by atoms with Crippen LogP contribution in [0.5, 0.6) is 0 Å². The number of hydrogen-bond acceptors (Lipinski definition) is 4. The average Bonchev–Trinajstić information content (AvgIpc) is 3.07. The smallest absolute Gasteiger partial charge is 0.264 e. The largest absolute Gasteiger partial charge is 0.398 e. The fourth-order valence-corrected chi connectivity index (χ4v) is 2.99. The molecule has 3 amide bonds. The van der Waals surface area contributed by atoms with Crippen LogP contribution in [-0.4, -0.2) is 46.7 Å². The number of nitrogen functional groups attached to an aromatic ring is 1. The highest BCUT2D eigenvalue weighted by atomic mass is 16.2. The highest BCUT2D eigenvalue weighted by Gasteiger charge is 2.43. The number of carbonyl (C=O) groups is 3. The van der Waals surface area contributed by atoms with E-state index in [4.69, 9.17) is 5.73 Å². The first-order chi connectivity index (χ1) is 10.0. The molecule has 2 aliphatic heterocycles. The topological polar surface area (TPSA) is 83.7 Å². The summed E-state index contributed by atoms with van der Waals surface area (Å²) in [4.78, 5) is 40.0. The maximum absolute atomic E-state index is 12.4. The van der Waals surface area contributed by atoms with E-state index in [0.29, 0.717) is 13.1 Å². The molecule has 0 radical (unpaired) electrons. The fraction of sp³-hybridized carbons (Fsp3) is 0.400. The number of fused-ring (bicyclic) bond motifs is 1. The van der Waals surface area contributed by atoms with Gasteiger partial charge in [0.2, 0.25) is 5.91 Å². The number of hydrogen-bond donors (Lipinski definition) is 1. The molecule has 110 valence electrons.